The molecule has 0 radical (unpaired) electrons. The van der Waals surface area contributed by atoms with E-state index in [9.17, 15) is 0 Å². The fourth-order valence-electron chi connectivity index (χ4n) is 2.15. The normalized spacial score (nSPS) is 10.6. The smallest absolute Gasteiger partial charge is 0.125 e. The van der Waals surface area contributed by atoms with E-state index >= 15 is 0 Å². The SMILES string of the molecule is Cc1c(C)c(C)c(Nc2ccn[nH]2)c(C)c1C. The number of benzene rings is 1. The molecule has 1 heterocycles. The van der Waals surface area contributed by atoms with Crippen LogP contribution in [0.5, 0.6) is 0 Å². The molecule has 17 heavy (non-hydrogen) atoms. The highest BCUT2D eigenvalue weighted by molar-refractivity contribution is 5.69. The minimum Gasteiger partial charge on any atom is -0.340 e. The standard InChI is InChI=1S/C14H19N3/c1-8-9(2)11(4)14(12(5)10(8)3)16-13-6-7-15-17-13/h6-7H,1-5H3,(H2,15,16,17). The molecule has 3 nitrogen and oxygen atoms in total. The van der Waals surface area contributed by atoms with Gasteiger partial charge in [0.1, 0.15) is 5.82 Å². The van der Waals surface area contributed by atoms with Crippen molar-refractivity contribution in [1.29, 1.82) is 0 Å². The zero-order valence-electron chi connectivity index (χ0n) is 11.1. The average Bonchev–Trinajstić information content (AvgIpc) is 2.82. The Balaban J connectivity index is 2.54. The molecule has 1 aromatic heterocycles. The van der Waals surface area contributed by atoms with E-state index in [1.165, 1.54) is 33.5 Å². The monoisotopic (exact) mass is 229 g/mol. The molecule has 1 aromatic carbocycles. The molecule has 0 atom stereocenters. The number of rotatable bonds is 2. The second-order valence-corrected chi connectivity index (χ2v) is 4.60. The maximum atomic E-state index is 3.95. The number of hydrogen-bond acceptors (Lipinski definition) is 2. The molecular weight excluding hydrogens is 210 g/mol. The number of aromatic amines is 1. The van der Waals surface area contributed by atoms with E-state index in [-0.39, 0.29) is 0 Å². The number of anilines is 2. The van der Waals surface area contributed by atoms with Crippen LogP contribution in [0.4, 0.5) is 11.5 Å². The first kappa shape index (κ1) is 11.7. The highest BCUT2D eigenvalue weighted by Crippen LogP contribution is 2.31. The molecule has 90 valence electrons. The summed E-state index contributed by atoms with van der Waals surface area (Å²) < 4.78 is 0. The molecule has 0 amide bonds. The topological polar surface area (TPSA) is 40.7 Å². The van der Waals surface area contributed by atoms with E-state index in [2.05, 4.69) is 50.1 Å². The second-order valence-electron chi connectivity index (χ2n) is 4.60. The lowest BCUT2D eigenvalue weighted by atomic mass is 9.93. The molecule has 0 spiro atoms. The van der Waals surface area contributed by atoms with Gasteiger partial charge < -0.3 is 5.32 Å². The van der Waals surface area contributed by atoms with Gasteiger partial charge in [-0.05, 0) is 62.4 Å². The first-order chi connectivity index (χ1) is 8.02. The summed E-state index contributed by atoms with van der Waals surface area (Å²) in [6, 6.07) is 1.93. The number of aromatic nitrogens is 2. The van der Waals surface area contributed by atoms with Gasteiger partial charge in [-0.2, -0.15) is 5.10 Å². The maximum Gasteiger partial charge on any atom is 0.125 e. The number of H-pyrrole nitrogens is 1. The summed E-state index contributed by atoms with van der Waals surface area (Å²) in [6.45, 7) is 10.9. The molecule has 3 heteroatoms. The summed E-state index contributed by atoms with van der Waals surface area (Å²) in [7, 11) is 0. The van der Waals surface area contributed by atoms with Crippen LogP contribution in [0.25, 0.3) is 0 Å². The van der Waals surface area contributed by atoms with Gasteiger partial charge in [0.15, 0.2) is 0 Å². The van der Waals surface area contributed by atoms with Crippen molar-refractivity contribution < 1.29 is 0 Å². The van der Waals surface area contributed by atoms with Crippen LogP contribution >= 0.6 is 0 Å². The average molecular weight is 229 g/mol. The highest BCUT2D eigenvalue weighted by Gasteiger charge is 2.12. The minimum atomic E-state index is 0.929. The van der Waals surface area contributed by atoms with Gasteiger partial charge in [-0.1, -0.05) is 0 Å². The van der Waals surface area contributed by atoms with Gasteiger partial charge in [0, 0.05) is 11.8 Å². The number of nitrogens with zero attached hydrogens (tertiary/aromatic N) is 1. The summed E-state index contributed by atoms with van der Waals surface area (Å²) in [5.41, 5.74) is 7.90. The quantitative estimate of drug-likeness (QED) is 0.824. The maximum absolute atomic E-state index is 3.95. The van der Waals surface area contributed by atoms with Crippen LogP contribution < -0.4 is 5.32 Å². The molecule has 0 aliphatic carbocycles. The molecule has 0 fully saturated rings. The zero-order chi connectivity index (χ0) is 12.6. The van der Waals surface area contributed by atoms with Crippen molar-refractivity contribution >= 4 is 11.5 Å². The van der Waals surface area contributed by atoms with E-state index in [0.29, 0.717) is 0 Å². The molecule has 0 saturated heterocycles. The van der Waals surface area contributed by atoms with Gasteiger partial charge in [-0.15, -0.1) is 0 Å². The Kier molecular flexibility index (Phi) is 2.92. The largest absolute Gasteiger partial charge is 0.340 e. The van der Waals surface area contributed by atoms with Crippen molar-refractivity contribution in [3.05, 3.63) is 40.1 Å². The molecule has 0 aliphatic rings. The molecular formula is C14H19N3. The van der Waals surface area contributed by atoms with Crippen molar-refractivity contribution in [3.63, 3.8) is 0 Å². The molecule has 0 bridgehead atoms. The fraction of sp³-hybridized carbons (Fsp3) is 0.357. The third-order valence-corrected chi connectivity index (χ3v) is 3.76. The first-order valence-electron chi connectivity index (χ1n) is 5.85. The van der Waals surface area contributed by atoms with E-state index in [1.54, 1.807) is 6.20 Å². The van der Waals surface area contributed by atoms with E-state index < -0.39 is 0 Å². The highest BCUT2D eigenvalue weighted by atomic mass is 15.2. The van der Waals surface area contributed by atoms with Crippen LogP contribution in [0, 0.1) is 34.6 Å². The molecule has 0 unspecified atom stereocenters. The Hall–Kier alpha value is -1.77. The third-order valence-electron chi connectivity index (χ3n) is 3.76. The number of hydrogen-bond donors (Lipinski definition) is 2. The van der Waals surface area contributed by atoms with Crippen LogP contribution in [0.2, 0.25) is 0 Å². The first-order valence-corrected chi connectivity index (χ1v) is 5.85. The van der Waals surface area contributed by atoms with Gasteiger partial charge in [0.25, 0.3) is 0 Å². The fourth-order valence-corrected chi connectivity index (χ4v) is 2.15. The van der Waals surface area contributed by atoms with Crippen LogP contribution in [0.15, 0.2) is 12.3 Å². The van der Waals surface area contributed by atoms with Gasteiger partial charge in [0.2, 0.25) is 0 Å². The summed E-state index contributed by atoms with van der Waals surface area (Å²) in [5, 5.41) is 10.3. The Morgan fingerprint density at radius 3 is 1.88 bits per heavy atom. The van der Waals surface area contributed by atoms with Crippen molar-refractivity contribution in [3.8, 4) is 0 Å². The van der Waals surface area contributed by atoms with Gasteiger partial charge in [0.05, 0.1) is 6.20 Å². The molecule has 0 aliphatic heterocycles. The van der Waals surface area contributed by atoms with Crippen molar-refractivity contribution in [2.24, 2.45) is 0 Å². The molecule has 2 rings (SSSR count). The van der Waals surface area contributed by atoms with Gasteiger partial charge >= 0.3 is 0 Å². The lowest BCUT2D eigenvalue weighted by Crippen LogP contribution is -2.03. The lowest BCUT2D eigenvalue weighted by molar-refractivity contribution is 1.09. The summed E-state index contributed by atoms with van der Waals surface area (Å²) in [6.07, 6.45) is 1.75. The summed E-state index contributed by atoms with van der Waals surface area (Å²) >= 11 is 0. The van der Waals surface area contributed by atoms with Crippen molar-refractivity contribution in [1.82, 2.24) is 10.2 Å². The van der Waals surface area contributed by atoms with Crippen LogP contribution in [-0.2, 0) is 0 Å². The van der Waals surface area contributed by atoms with Crippen LogP contribution in [-0.4, -0.2) is 10.2 Å². The van der Waals surface area contributed by atoms with Crippen LogP contribution in [0.3, 0.4) is 0 Å². The predicted octanol–water partition coefficient (Wildman–Crippen LogP) is 3.70. The third kappa shape index (κ3) is 1.93. The summed E-state index contributed by atoms with van der Waals surface area (Å²) in [5.74, 6) is 0.929. The van der Waals surface area contributed by atoms with Crippen molar-refractivity contribution in [2.45, 2.75) is 34.6 Å². The molecule has 0 saturated carbocycles. The van der Waals surface area contributed by atoms with Gasteiger partial charge in [-0.3, -0.25) is 5.10 Å². The Morgan fingerprint density at radius 1 is 0.882 bits per heavy atom. The Bertz CT molecular complexity index is 510. The Labute approximate surface area is 102 Å². The predicted molar refractivity (Wildman–Crippen MR) is 72.0 cm³/mol. The summed E-state index contributed by atoms with van der Waals surface area (Å²) in [4.78, 5) is 0. The lowest BCUT2D eigenvalue weighted by Gasteiger charge is -2.19. The minimum absolute atomic E-state index is 0.929. The zero-order valence-corrected chi connectivity index (χ0v) is 11.1. The van der Waals surface area contributed by atoms with E-state index in [0.717, 1.165) is 5.82 Å². The Morgan fingerprint density at radius 2 is 1.41 bits per heavy atom. The molecule has 2 aromatic rings. The van der Waals surface area contributed by atoms with E-state index in [1.807, 2.05) is 6.07 Å². The van der Waals surface area contributed by atoms with E-state index in [4.69, 9.17) is 0 Å². The second kappa shape index (κ2) is 4.24. The molecule has 2 N–H and O–H groups in total. The van der Waals surface area contributed by atoms with Crippen molar-refractivity contribution in [2.75, 3.05) is 5.32 Å². The number of nitrogens with one attached hydrogen (secondary N) is 2. The van der Waals surface area contributed by atoms with Crippen LogP contribution in [0.1, 0.15) is 27.8 Å². The van der Waals surface area contributed by atoms with Gasteiger partial charge in [-0.25, -0.2) is 0 Å².